The van der Waals surface area contributed by atoms with E-state index in [0.29, 0.717) is 17.7 Å². The van der Waals surface area contributed by atoms with E-state index in [1.54, 1.807) is 30.3 Å². The minimum atomic E-state index is -1.26. The molecule has 114 valence electrons. The average molecular weight is 308 g/mol. The van der Waals surface area contributed by atoms with Crippen molar-refractivity contribution in [1.29, 1.82) is 0 Å². The second-order valence-corrected chi connectivity index (χ2v) is 4.23. The zero-order valence-corrected chi connectivity index (χ0v) is 11.1. The van der Waals surface area contributed by atoms with Crippen LogP contribution in [0.2, 0.25) is 0 Å². The third-order valence-corrected chi connectivity index (χ3v) is 2.68. The largest absolute Gasteiger partial charge is 0.444 e. The number of carbonyl (C=O) groups excluding carboxylic acids is 1. The van der Waals surface area contributed by atoms with Gasteiger partial charge in [0.2, 0.25) is 5.82 Å². The van der Waals surface area contributed by atoms with Crippen molar-refractivity contribution in [3.05, 3.63) is 69.8 Å². The minimum absolute atomic E-state index is 0.0518. The highest BCUT2D eigenvalue weighted by Gasteiger charge is 2.19. The summed E-state index contributed by atoms with van der Waals surface area (Å²) in [7, 11) is 0. The molecule has 0 aliphatic heterocycles. The Kier molecular flexibility index (Phi) is 4.62. The van der Waals surface area contributed by atoms with Crippen LogP contribution in [0.5, 0.6) is 0 Å². The molecule has 0 radical (unpaired) electrons. The van der Waals surface area contributed by atoms with Crippen molar-refractivity contribution >= 4 is 17.5 Å². The van der Waals surface area contributed by atoms with E-state index in [1.807, 2.05) is 5.32 Å². The first kappa shape index (κ1) is 15.4. The molecule has 0 spiro atoms. The normalized spacial score (nSPS) is 10.1. The van der Waals surface area contributed by atoms with Crippen molar-refractivity contribution in [1.82, 2.24) is 0 Å². The Labute approximate surface area is 123 Å². The van der Waals surface area contributed by atoms with Crippen LogP contribution in [0.25, 0.3) is 0 Å². The molecule has 2 rings (SSSR count). The standard InChI is InChI=1S/C14H10F2N2O4/c15-10-7-13(18(20)21)11(16)6-12(10)17-14(19)22-8-9-4-2-1-3-5-9/h1-7H,8H2,(H,17,19). The zero-order chi connectivity index (χ0) is 16.1. The van der Waals surface area contributed by atoms with Gasteiger partial charge < -0.3 is 4.74 Å². The minimum Gasteiger partial charge on any atom is -0.444 e. The lowest BCUT2D eigenvalue weighted by Gasteiger charge is -2.08. The molecule has 8 heteroatoms. The van der Waals surface area contributed by atoms with Crippen LogP contribution in [0.3, 0.4) is 0 Å². The van der Waals surface area contributed by atoms with Crippen LogP contribution in [0.1, 0.15) is 5.56 Å². The van der Waals surface area contributed by atoms with Gasteiger partial charge in [-0.1, -0.05) is 30.3 Å². The summed E-state index contributed by atoms with van der Waals surface area (Å²) >= 11 is 0. The van der Waals surface area contributed by atoms with Crippen LogP contribution in [-0.2, 0) is 11.3 Å². The van der Waals surface area contributed by atoms with Crippen molar-refractivity contribution < 1.29 is 23.2 Å². The van der Waals surface area contributed by atoms with E-state index in [4.69, 9.17) is 4.74 Å². The van der Waals surface area contributed by atoms with Crippen molar-refractivity contribution in [3.63, 3.8) is 0 Å². The number of nitrogens with zero attached hydrogens (tertiary/aromatic N) is 1. The second kappa shape index (κ2) is 6.61. The summed E-state index contributed by atoms with van der Waals surface area (Å²) in [6.45, 7) is -0.0518. The number of anilines is 1. The van der Waals surface area contributed by atoms with Gasteiger partial charge in [0.25, 0.3) is 0 Å². The maximum absolute atomic E-state index is 13.6. The Balaban J connectivity index is 2.02. The molecule has 1 N–H and O–H groups in total. The number of nitrogens with one attached hydrogen (secondary N) is 1. The fraction of sp³-hybridized carbons (Fsp3) is 0.0714. The van der Waals surface area contributed by atoms with E-state index in [-0.39, 0.29) is 6.61 Å². The van der Waals surface area contributed by atoms with Gasteiger partial charge in [-0.25, -0.2) is 9.18 Å². The van der Waals surface area contributed by atoms with Gasteiger partial charge in [0.05, 0.1) is 16.7 Å². The summed E-state index contributed by atoms with van der Waals surface area (Å²) in [6, 6.07) is 9.65. The number of hydrogen-bond donors (Lipinski definition) is 1. The number of carbonyl (C=O) groups is 1. The summed E-state index contributed by atoms with van der Waals surface area (Å²) < 4.78 is 31.8. The van der Waals surface area contributed by atoms with Crippen LogP contribution in [0, 0.1) is 21.7 Å². The molecule has 22 heavy (non-hydrogen) atoms. The van der Waals surface area contributed by atoms with Gasteiger partial charge in [0, 0.05) is 6.07 Å². The lowest BCUT2D eigenvalue weighted by molar-refractivity contribution is -0.387. The Morgan fingerprint density at radius 3 is 2.50 bits per heavy atom. The molecule has 2 aromatic rings. The van der Waals surface area contributed by atoms with Crippen molar-refractivity contribution in [2.75, 3.05) is 5.32 Å². The highest BCUT2D eigenvalue weighted by atomic mass is 19.1. The molecule has 0 aromatic heterocycles. The molecule has 0 saturated carbocycles. The molecule has 0 aliphatic carbocycles. The molecular weight excluding hydrogens is 298 g/mol. The number of nitro groups is 1. The molecule has 1 amide bonds. The SMILES string of the molecule is O=C(Nc1cc(F)c([N+](=O)[O-])cc1F)OCc1ccccc1. The number of rotatable bonds is 4. The molecular formula is C14H10F2N2O4. The second-order valence-electron chi connectivity index (χ2n) is 4.23. The molecule has 0 aliphatic rings. The Bertz CT molecular complexity index is 707. The first-order valence-electron chi connectivity index (χ1n) is 6.08. The summed E-state index contributed by atoms with van der Waals surface area (Å²) in [5.41, 5.74) is -0.838. The monoisotopic (exact) mass is 308 g/mol. The fourth-order valence-corrected chi connectivity index (χ4v) is 1.64. The topological polar surface area (TPSA) is 81.5 Å². The highest BCUT2D eigenvalue weighted by Crippen LogP contribution is 2.24. The fourth-order valence-electron chi connectivity index (χ4n) is 1.64. The van der Waals surface area contributed by atoms with Gasteiger partial charge in [-0.3, -0.25) is 15.4 Å². The van der Waals surface area contributed by atoms with Crippen LogP contribution in [0.4, 0.5) is 25.0 Å². The maximum Gasteiger partial charge on any atom is 0.412 e. The van der Waals surface area contributed by atoms with E-state index < -0.39 is 34.0 Å². The molecule has 0 fully saturated rings. The van der Waals surface area contributed by atoms with E-state index in [2.05, 4.69) is 0 Å². The Morgan fingerprint density at radius 2 is 1.86 bits per heavy atom. The van der Waals surface area contributed by atoms with Crippen molar-refractivity contribution in [2.24, 2.45) is 0 Å². The van der Waals surface area contributed by atoms with E-state index >= 15 is 0 Å². The lowest BCUT2D eigenvalue weighted by Crippen LogP contribution is -2.15. The first-order valence-corrected chi connectivity index (χ1v) is 6.08. The summed E-state index contributed by atoms with van der Waals surface area (Å²) in [5.74, 6) is -2.39. The summed E-state index contributed by atoms with van der Waals surface area (Å²) in [6.07, 6.45) is -1.00. The number of benzene rings is 2. The van der Waals surface area contributed by atoms with E-state index in [1.165, 1.54) is 0 Å². The third-order valence-electron chi connectivity index (χ3n) is 2.68. The number of hydrogen-bond acceptors (Lipinski definition) is 4. The Hall–Kier alpha value is -3.03. The van der Waals surface area contributed by atoms with Crippen LogP contribution in [0.15, 0.2) is 42.5 Å². The number of amides is 1. The van der Waals surface area contributed by atoms with Gasteiger partial charge >= 0.3 is 11.8 Å². The van der Waals surface area contributed by atoms with Gasteiger partial charge in [-0.15, -0.1) is 0 Å². The smallest absolute Gasteiger partial charge is 0.412 e. The van der Waals surface area contributed by atoms with Gasteiger partial charge in [-0.2, -0.15) is 4.39 Å². The van der Waals surface area contributed by atoms with Crippen LogP contribution in [-0.4, -0.2) is 11.0 Å². The Morgan fingerprint density at radius 1 is 1.18 bits per heavy atom. The van der Waals surface area contributed by atoms with Crippen LogP contribution < -0.4 is 5.32 Å². The van der Waals surface area contributed by atoms with Gasteiger partial charge in [0.1, 0.15) is 6.61 Å². The van der Waals surface area contributed by atoms with Crippen molar-refractivity contribution in [2.45, 2.75) is 6.61 Å². The quantitative estimate of drug-likeness (QED) is 0.691. The predicted octanol–water partition coefficient (Wildman–Crippen LogP) is 3.62. The maximum atomic E-state index is 13.6. The molecule has 0 heterocycles. The molecule has 0 atom stereocenters. The summed E-state index contributed by atoms with van der Waals surface area (Å²) in [5, 5.41) is 12.4. The molecule has 6 nitrogen and oxygen atoms in total. The highest BCUT2D eigenvalue weighted by molar-refractivity contribution is 5.85. The van der Waals surface area contributed by atoms with E-state index in [0.717, 1.165) is 0 Å². The van der Waals surface area contributed by atoms with E-state index in [9.17, 15) is 23.7 Å². The molecule has 2 aromatic carbocycles. The van der Waals surface area contributed by atoms with Crippen LogP contribution >= 0.6 is 0 Å². The zero-order valence-electron chi connectivity index (χ0n) is 11.1. The van der Waals surface area contributed by atoms with Gasteiger partial charge in [0.15, 0.2) is 5.82 Å². The number of nitro benzene ring substituents is 1. The average Bonchev–Trinajstić information content (AvgIpc) is 2.49. The lowest BCUT2D eigenvalue weighted by atomic mass is 10.2. The number of halogens is 2. The molecule has 0 unspecified atom stereocenters. The first-order chi connectivity index (χ1) is 10.5. The third kappa shape index (κ3) is 3.75. The van der Waals surface area contributed by atoms with Gasteiger partial charge in [-0.05, 0) is 5.56 Å². The predicted molar refractivity (Wildman–Crippen MR) is 73.3 cm³/mol. The molecule has 0 bridgehead atoms. The summed E-state index contributed by atoms with van der Waals surface area (Å²) in [4.78, 5) is 20.9. The molecule has 0 saturated heterocycles. The number of ether oxygens (including phenoxy) is 1. The van der Waals surface area contributed by atoms with Crippen molar-refractivity contribution in [3.8, 4) is 0 Å².